The number of carbonyl (C=O) groups excluding carboxylic acids is 2. The number of hydrogen-bond acceptors (Lipinski definition) is 6. The summed E-state index contributed by atoms with van der Waals surface area (Å²) in [7, 11) is 0. The minimum Gasteiger partial charge on any atom is -0.507 e. The number of aliphatic hydroxyl groups excluding tert-OH is 1. The summed E-state index contributed by atoms with van der Waals surface area (Å²) in [6, 6.07) is 14.4. The molecule has 5 rings (SSSR count). The summed E-state index contributed by atoms with van der Waals surface area (Å²) < 4.78 is 33.4. The monoisotopic (exact) mass is 492 g/mol. The average molecular weight is 493 g/mol. The van der Waals surface area contributed by atoms with Gasteiger partial charge in [-0.05, 0) is 67.1 Å². The first-order chi connectivity index (χ1) is 16.9. The highest BCUT2D eigenvalue weighted by atomic mass is 32.1. The van der Waals surface area contributed by atoms with Crippen molar-refractivity contribution in [3.63, 3.8) is 0 Å². The molecule has 0 bridgehead atoms. The standard InChI is InChI=1S/C26H18F2N2O4S/c1-2-34-18-11-12-19-20(13-18)35-26(29-19)30-22(14-3-7-16(27)8-4-14)21(24(32)25(30)33)23(31)15-5-9-17(28)10-6-15/h3-13,22,31H,2H2,1H3/b23-21+. The molecule has 1 aliphatic heterocycles. The predicted octanol–water partition coefficient (Wildman–Crippen LogP) is 5.60. The van der Waals surface area contributed by atoms with Gasteiger partial charge in [-0.25, -0.2) is 13.8 Å². The van der Waals surface area contributed by atoms with Gasteiger partial charge >= 0.3 is 5.91 Å². The molecule has 176 valence electrons. The second-order valence-corrected chi connectivity index (χ2v) is 8.80. The zero-order chi connectivity index (χ0) is 24.7. The number of carbonyl (C=O) groups is 2. The smallest absolute Gasteiger partial charge is 0.301 e. The molecule has 6 nitrogen and oxygen atoms in total. The van der Waals surface area contributed by atoms with Crippen LogP contribution in [0.3, 0.4) is 0 Å². The Kier molecular flexibility index (Phi) is 5.78. The molecule has 1 N–H and O–H groups in total. The van der Waals surface area contributed by atoms with Crippen LogP contribution in [0.15, 0.2) is 72.3 Å². The van der Waals surface area contributed by atoms with E-state index in [4.69, 9.17) is 4.74 Å². The number of ketones is 1. The molecule has 1 amide bonds. The van der Waals surface area contributed by atoms with Gasteiger partial charge in [0.05, 0.1) is 28.4 Å². The van der Waals surface area contributed by atoms with E-state index in [1.165, 1.54) is 52.6 Å². The first kappa shape index (κ1) is 22.7. The SMILES string of the molecule is CCOc1ccc2nc(N3C(=O)C(=O)/C(=C(/O)c4ccc(F)cc4)C3c3ccc(F)cc3)sc2c1. The first-order valence-electron chi connectivity index (χ1n) is 10.7. The molecule has 1 aromatic heterocycles. The fourth-order valence-corrected chi connectivity index (χ4v) is 5.03. The number of amides is 1. The lowest BCUT2D eigenvalue weighted by atomic mass is 9.95. The van der Waals surface area contributed by atoms with Gasteiger partial charge in [0.15, 0.2) is 5.13 Å². The molecule has 4 aromatic rings. The number of aromatic nitrogens is 1. The van der Waals surface area contributed by atoms with Crippen LogP contribution in [0.5, 0.6) is 5.75 Å². The third-order valence-electron chi connectivity index (χ3n) is 5.61. The first-order valence-corrected chi connectivity index (χ1v) is 11.5. The Morgan fingerprint density at radius 2 is 1.69 bits per heavy atom. The largest absolute Gasteiger partial charge is 0.507 e. The van der Waals surface area contributed by atoms with Crippen molar-refractivity contribution in [3.05, 3.63) is 95.1 Å². The maximum atomic E-state index is 13.7. The Hall–Kier alpha value is -4.11. The number of aliphatic hydroxyl groups is 1. The van der Waals surface area contributed by atoms with Gasteiger partial charge in [0.25, 0.3) is 5.78 Å². The third-order valence-corrected chi connectivity index (χ3v) is 6.63. The highest BCUT2D eigenvalue weighted by Crippen LogP contribution is 2.44. The molecule has 0 saturated carbocycles. The molecule has 0 aliphatic carbocycles. The van der Waals surface area contributed by atoms with E-state index < -0.39 is 35.1 Å². The fraction of sp³-hybridized carbons (Fsp3) is 0.115. The van der Waals surface area contributed by atoms with Crippen LogP contribution < -0.4 is 9.64 Å². The molecule has 1 atom stereocenters. The Bertz CT molecular complexity index is 1480. The number of thiazole rings is 1. The van der Waals surface area contributed by atoms with Crippen molar-refractivity contribution in [3.8, 4) is 5.75 Å². The number of nitrogens with zero attached hydrogens (tertiary/aromatic N) is 2. The zero-order valence-electron chi connectivity index (χ0n) is 18.4. The van der Waals surface area contributed by atoms with Crippen molar-refractivity contribution in [1.82, 2.24) is 4.98 Å². The van der Waals surface area contributed by atoms with Gasteiger partial charge in [-0.2, -0.15) is 0 Å². The number of Topliss-reactive ketones (excluding diaryl/α,β-unsaturated/α-hetero) is 1. The second kappa shape index (κ2) is 8.92. The molecule has 0 radical (unpaired) electrons. The molecule has 2 heterocycles. The van der Waals surface area contributed by atoms with Gasteiger partial charge in [-0.3, -0.25) is 14.5 Å². The van der Waals surface area contributed by atoms with Gasteiger partial charge in [-0.1, -0.05) is 23.5 Å². The van der Waals surface area contributed by atoms with Crippen molar-refractivity contribution in [1.29, 1.82) is 0 Å². The number of benzene rings is 3. The van der Waals surface area contributed by atoms with Gasteiger partial charge in [0, 0.05) is 5.56 Å². The number of halogens is 2. The zero-order valence-corrected chi connectivity index (χ0v) is 19.2. The summed E-state index contributed by atoms with van der Waals surface area (Å²) in [4.78, 5) is 32.2. The van der Waals surface area contributed by atoms with Crippen molar-refractivity contribution in [2.45, 2.75) is 13.0 Å². The molecule has 1 unspecified atom stereocenters. The molecule has 3 aromatic carbocycles. The quantitative estimate of drug-likeness (QED) is 0.223. The Balaban J connectivity index is 1.69. The maximum Gasteiger partial charge on any atom is 0.301 e. The summed E-state index contributed by atoms with van der Waals surface area (Å²) in [5.41, 5.74) is 0.986. The van der Waals surface area contributed by atoms with E-state index in [1.54, 1.807) is 18.2 Å². The van der Waals surface area contributed by atoms with E-state index in [0.29, 0.717) is 23.4 Å². The van der Waals surface area contributed by atoms with E-state index in [2.05, 4.69) is 4.98 Å². The Labute approximate surface area is 202 Å². The lowest BCUT2D eigenvalue weighted by Crippen LogP contribution is -2.29. The molecule has 9 heteroatoms. The normalized spacial score (nSPS) is 17.3. The van der Waals surface area contributed by atoms with Crippen LogP contribution in [-0.2, 0) is 9.59 Å². The van der Waals surface area contributed by atoms with Crippen LogP contribution in [0.25, 0.3) is 16.0 Å². The number of rotatable bonds is 5. The fourth-order valence-electron chi connectivity index (χ4n) is 4.01. The number of ether oxygens (including phenoxy) is 1. The van der Waals surface area contributed by atoms with Crippen LogP contribution >= 0.6 is 11.3 Å². The number of fused-ring (bicyclic) bond motifs is 1. The minimum atomic E-state index is -1.06. The lowest BCUT2D eigenvalue weighted by molar-refractivity contribution is -0.132. The van der Waals surface area contributed by atoms with Crippen LogP contribution in [-0.4, -0.2) is 28.4 Å². The van der Waals surface area contributed by atoms with Crippen molar-refractivity contribution in [2.24, 2.45) is 0 Å². The molecule has 1 fully saturated rings. The molecule has 0 spiro atoms. The van der Waals surface area contributed by atoms with Gasteiger partial charge < -0.3 is 9.84 Å². The Morgan fingerprint density at radius 3 is 2.34 bits per heavy atom. The second-order valence-electron chi connectivity index (χ2n) is 7.79. The summed E-state index contributed by atoms with van der Waals surface area (Å²) in [6.45, 7) is 2.35. The topological polar surface area (TPSA) is 79.7 Å². The van der Waals surface area contributed by atoms with Crippen molar-refractivity contribution >= 4 is 44.1 Å². The van der Waals surface area contributed by atoms with E-state index in [9.17, 15) is 23.5 Å². The lowest BCUT2D eigenvalue weighted by Gasteiger charge is -2.23. The summed E-state index contributed by atoms with van der Waals surface area (Å²) in [5.74, 6) is -2.63. The number of hydrogen-bond donors (Lipinski definition) is 1. The predicted molar refractivity (Wildman–Crippen MR) is 128 cm³/mol. The third kappa shape index (κ3) is 4.04. The molecule has 35 heavy (non-hydrogen) atoms. The van der Waals surface area contributed by atoms with Crippen LogP contribution in [0, 0.1) is 11.6 Å². The average Bonchev–Trinajstić information content (AvgIpc) is 3.38. The van der Waals surface area contributed by atoms with Crippen LogP contribution in [0.4, 0.5) is 13.9 Å². The van der Waals surface area contributed by atoms with Crippen molar-refractivity contribution in [2.75, 3.05) is 11.5 Å². The van der Waals surface area contributed by atoms with Crippen LogP contribution in [0.1, 0.15) is 24.1 Å². The van der Waals surface area contributed by atoms with Gasteiger partial charge in [0.2, 0.25) is 0 Å². The summed E-state index contributed by atoms with van der Waals surface area (Å²) >= 11 is 1.19. The highest BCUT2D eigenvalue weighted by molar-refractivity contribution is 7.22. The molecule has 1 aliphatic rings. The Morgan fingerprint density at radius 1 is 1.03 bits per heavy atom. The van der Waals surface area contributed by atoms with E-state index >= 15 is 0 Å². The summed E-state index contributed by atoms with van der Waals surface area (Å²) in [5, 5.41) is 11.3. The molecular formula is C26H18F2N2O4S. The van der Waals surface area contributed by atoms with E-state index in [1.807, 2.05) is 6.92 Å². The molecular weight excluding hydrogens is 474 g/mol. The van der Waals surface area contributed by atoms with Gasteiger partial charge in [0.1, 0.15) is 23.1 Å². The van der Waals surface area contributed by atoms with E-state index in [0.717, 1.165) is 16.8 Å². The van der Waals surface area contributed by atoms with Crippen LogP contribution in [0.2, 0.25) is 0 Å². The van der Waals surface area contributed by atoms with E-state index in [-0.39, 0.29) is 16.3 Å². The van der Waals surface area contributed by atoms with Gasteiger partial charge in [-0.15, -0.1) is 0 Å². The molecule has 1 saturated heterocycles. The van der Waals surface area contributed by atoms with Crippen molar-refractivity contribution < 1.29 is 28.2 Å². The summed E-state index contributed by atoms with van der Waals surface area (Å²) in [6.07, 6.45) is 0. The highest BCUT2D eigenvalue weighted by Gasteiger charge is 2.48. The minimum absolute atomic E-state index is 0.169. The maximum absolute atomic E-state index is 13.7. The number of anilines is 1.